The Hall–Kier alpha value is -0.130. The highest BCUT2D eigenvalue weighted by atomic mass is 127. The van der Waals surface area contributed by atoms with Gasteiger partial charge in [0.05, 0.1) is 5.69 Å². The van der Waals surface area contributed by atoms with E-state index in [9.17, 15) is 0 Å². The predicted octanol–water partition coefficient (Wildman–Crippen LogP) is 1.76. The Morgan fingerprint density at radius 1 is 1.50 bits per heavy atom. The average Bonchev–Trinajstić information content (AvgIpc) is 2.21. The normalized spacial score (nSPS) is 17.8. The monoisotopic (exact) mass is 277 g/mol. The zero-order valence-corrected chi connectivity index (χ0v) is 9.28. The fraction of sp³-hybridized carbons (Fsp3) is 0.750. The van der Waals surface area contributed by atoms with Crippen LogP contribution in [-0.2, 0) is 13.5 Å². The largest absolute Gasteiger partial charge is 0.187 e. The smallest absolute Gasteiger partial charge is 0.146 e. The second-order valence-corrected chi connectivity index (χ2v) is 4.45. The first-order valence-electron chi connectivity index (χ1n) is 4.31. The SMILES string of the molecule is Cn1nc(I)c(CC2CCC2)n1. The number of aryl methyl sites for hydroxylation is 1. The summed E-state index contributed by atoms with van der Waals surface area (Å²) in [6, 6.07) is 0. The topological polar surface area (TPSA) is 30.7 Å². The van der Waals surface area contributed by atoms with Crippen molar-refractivity contribution in [2.24, 2.45) is 13.0 Å². The molecule has 66 valence electrons. The molecule has 0 aliphatic heterocycles. The number of nitrogens with zero attached hydrogens (tertiary/aromatic N) is 3. The molecule has 0 bridgehead atoms. The summed E-state index contributed by atoms with van der Waals surface area (Å²) in [6.07, 6.45) is 5.30. The second-order valence-electron chi connectivity index (χ2n) is 3.43. The fourth-order valence-corrected chi connectivity index (χ4v) is 2.16. The van der Waals surface area contributed by atoms with Gasteiger partial charge in [-0.15, -0.1) is 5.10 Å². The molecular formula is C8H12IN3. The third kappa shape index (κ3) is 1.62. The molecule has 3 nitrogen and oxygen atoms in total. The molecule has 1 aliphatic rings. The van der Waals surface area contributed by atoms with E-state index >= 15 is 0 Å². The first-order valence-corrected chi connectivity index (χ1v) is 5.39. The predicted molar refractivity (Wildman–Crippen MR) is 54.8 cm³/mol. The van der Waals surface area contributed by atoms with Crippen LogP contribution in [0.4, 0.5) is 0 Å². The van der Waals surface area contributed by atoms with E-state index in [0.717, 1.165) is 16.0 Å². The van der Waals surface area contributed by atoms with E-state index in [1.807, 2.05) is 7.05 Å². The van der Waals surface area contributed by atoms with Gasteiger partial charge in [-0.2, -0.15) is 9.90 Å². The van der Waals surface area contributed by atoms with Crippen LogP contribution >= 0.6 is 22.6 Å². The molecule has 1 aliphatic carbocycles. The first-order chi connectivity index (χ1) is 5.75. The molecule has 2 rings (SSSR count). The van der Waals surface area contributed by atoms with Gasteiger partial charge in [0.1, 0.15) is 3.70 Å². The molecular weight excluding hydrogens is 265 g/mol. The van der Waals surface area contributed by atoms with Gasteiger partial charge in [-0.3, -0.25) is 0 Å². The van der Waals surface area contributed by atoms with Crippen LogP contribution in [-0.4, -0.2) is 15.0 Å². The second kappa shape index (κ2) is 3.32. The van der Waals surface area contributed by atoms with E-state index < -0.39 is 0 Å². The Morgan fingerprint density at radius 3 is 2.67 bits per heavy atom. The zero-order chi connectivity index (χ0) is 8.55. The van der Waals surface area contributed by atoms with Crippen molar-refractivity contribution in [2.45, 2.75) is 25.7 Å². The highest BCUT2D eigenvalue weighted by molar-refractivity contribution is 14.1. The van der Waals surface area contributed by atoms with Crippen molar-refractivity contribution >= 4 is 22.6 Å². The molecule has 0 amide bonds. The molecule has 1 aromatic heterocycles. The van der Waals surface area contributed by atoms with Crippen molar-refractivity contribution in [1.82, 2.24) is 15.0 Å². The molecule has 1 aromatic rings. The molecule has 0 aromatic carbocycles. The van der Waals surface area contributed by atoms with Crippen molar-refractivity contribution in [1.29, 1.82) is 0 Å². The molecule has 0 N–H and O–H groups in total. The van der Waals surface area contributed by atoms with Crippen molar-refractivity contribution in [3.8, 4) is 0 Å². The van der Waals surface area contributed by atoms with Gasteiger partial charge >= 0.3 is 0 Å². The van der Waals surface area contributed by atoms with Crippen LogP contribution in [0.15, 0.2) is 0 Å². The van der Waals surface area contributed by atoms with Crippen molar-refractivity contribution in [3.63, 3.8) is 0 Å². The number of hydrogen-bond donors (Lipinski definition) is 0. The number of aromatic nitrogens is 3. The third-order valence-corrected chi connectivity index (χ3v) is 3.28. The third-order valence-electron chi connectivity index (χ3n) is 2.44. The van der Waals surface area contributed by atoms with E-state index in [1.54, 1.807) is 4.80 Å². The zero-order valence-electron chi connectivity index (χ0n) is 7.13. The first kappa shape index (κ1) is 8.47. The standard InChI is InChI=1S/C8H12IN3/c1-12-10-7(8(9)11-12)5-6-3-2-4-6/h6H,2-5H2,1H3. The van der Waals surface area contributed by atoms with Gasteiger partial charge in [0.25, 0.3) is 0 Å². The lowest BCUT2D eigenvalue weighted by Crippen LogP contribution is -2.14. The summed E-state index contributed by atoms with van der Waals surface area (Å²) in [5.41, 5.74) is 1.18. The number of halogens is 1. The summed E-state index contributed by atoms with van der Waals surface area (Å²) in [4.78, 5) is 1.66. The molecule has 1 heterocycles. The van der Waals surface area contributed by atoms with E-state index in [2.05, 4.69) is 32.8 Å². The van der Waals surface area contributed by atoms with Crippen molar-refractivity contribution in [2.75, 3.05) is 0 Å². The van der Waals surface area contributed by atoms with Gasteiger partial charge in [0, 0.05) is 7.05 Å². The quantitative estimate of drug-likeness (QED) is 0.771. The maximum absolute atomic E-state index is 4.33. The Labute approximate surface area is 85.7 Å². The molecule has 0 atom stereocenters. The Kier molecular flexibility index (Phi) is 2.34. The lowest BCUT2D eigenvalue weighted by atomic mass is 9.82. The summed E-state index contributed by atoms with van der Waals surface area (Å²) in [5, 5.41) is 8.54. The van der Waals surface area contributed by atoms with Crippen molar-refractivity contribution in [3.05, 3.63) is 9.39 Å². The minimum Gasteiger partial charge on any atom is -0.187 e. The summed E-state index contributed by atoms with van der Waals surface area (Å²) in [5.74, 6) is 0.884. The van der Waals surface area contributed by atoms with Crippen LogP contribution < -0.4 is 0 Å². The molecule has 0 unspecified atom stereocenters. The van der Waals surface area contributed by atoms with E-state index in [1.165, 1.54) is 25.0 Å². The Bertz CT molecular complexity index is 278. The van der Waals surface area contributed by atoms with Crippen LogP contribution in [0.25, 0.3) is 0 Å². The van der Waals surface area contributed by atoms with Crippen molar-refractivity contribution < 1.29 is 0 Å². The molecule has 0 radical (unpaired) electrons. The van der Waals surface area contributed by atoms with Gasteiger partial charge in [0.2, 0.25) is 0 Å². The summed E-state index contributed by atoms with van der Waals surface area (Å²) in [6.45, 7) is 0. The minimum absolute atomic E-state index is 0.884. The fourth-order valence-electron chi connectivity index (χ4n) is 1.52. The van der Waals surface area contributed by atoms with Crippen LogP contribution in [0.5, 0.6) is 0 Å². The molecule has 0 spiro atoms. The molecule has 4 heteroatoms. The number of hydrogen-bond acceptors (Lipinski definition) is 2. The lowest BCUT2D eigenvalue weighted by molar-refractivity contribution is 0.311. The van der Waals surface area contributed by atoms with Crippen LogP contribution in [0.3, 0.4) is 0 Å². The van der Waals surface area contributed by atoms with E-state index in [-0.39, 0.29) is 0 Å². The molecule has 0 saturated heterocycles. The molecule has 12 heavy (non-hydrogen) atoms. The Morgan fingerprint density at radius 2 is 2.25 bits per heavy atom. The summed E-state index contributed by atoms with van der Waals surface area (Å²) < 4.78 is 1.07. The lowest BCUT2D eigenvalue weighted by Gasteiger charge is -2.24. The minimum atomic E-state index is 0.884. The van der Waals surface area contributed by atoms with Gasteiger partial charge < -0.3 is 0 Å². The Balaban J connectivity index is 2.05. The van der Waals surface area contributed by atoms with Gasteiger partial charge in [-0.1, -0.05) is 19.3 Å². The van der Waals surface area contributed by atoms with Gasteiger partial charge in [0.15, 0.2) is 0 Å². The van der Waals surface area contributed by atoms with Crippen LogP contribution in [0, 0.1) is 9.62 Å². The highest BCUT2D eigenvalue weighted by Gasteiger charge is 2.20. The van der Waals surface area contributed by atoms with E-state index in [4.69, 9.17) is 0 Å². The van der Waals surface area contributed by atoms with E-state index in [0.29, 0.717) is 0 Å². The average molecular weight is 277 g/mol. The van der Waals surface area contributed by atoms with Gasteiger partial charge in [-0.25, -0.2) is 0 Å². The van der Waals surface area contributed by atoms with Crippen LogP contribution in [0.2, 0.25) is 0 Å². The summed E-state index contributed by atoms with van der Waals surface area (Å²) in [7, 11) is 1.88. The maximum atomic E-state index is 4.33. The number of rotatable bonds is 2. The maximum Gasteiger partial charge on any atom is 0.146 e. The van der Waals surface area contributed by atoms with Crippen LogP contribution in [0.1, 0.15) is 25.0 Å². The molecule has 1 saturated carbocycles. The molecule has 1 fully saturated rings. The highest BCUT2D eigenvalue weighted by Crippen LogP contribution is 2.29. The summed E-state index contributed by atoms with van der Waals surface area (Å²) >= 11 is 2.26. The van der Waals surface area contributed by atoms with Gasteiger partial charge in [-0.05, 0) is 34.9 Å².